The number of rotatable bonds is 2. The number of amides is 1. The first-order chi connectivity index (χ1) is 8.14. The number of hydrogen-bond donors (Lipinski definition) is 2. The van der Waals surface area contributed by atoms with Crippen molar-refractivity contribution in [3.63, 3.8) is 0 Å². The predicted octanol–water partition coefficient (Wildman–Crippen LogP) is 0.729. The van der Waals surface area contributed by atoms with E-state index in [1.807, 2.05) is 7.05 Å². The van der Waals surface area contributed by atoms with Gasteiger partial charge in [0.1, 0.15) is 0 Å². The standard InChI is InChI=1S/C13H25N3O/c1-13(14-2)6-9-16(10-7-13)11-5-3-4-8-15-12(11)17/h11,14H,3-10H2,1-2H3,(H,15,17). The molecule has 1 unspecified atom stereocenters. The Balaban J connectivity index is 1.93. The van der Waals surface area contributed by atoms with Crippen LogP contribution in [0.5, 0.6) is 0 Å². The number of carbonyl (C=O) groups excluding carboxylic acids is 1. The highest BCUT2D eigenvalue weighted by Gasteiger charge is 2.34. The SMILES string of the molecule is CNC1(C)CCN(C2CCCCNC2=O)CC1. The number of carbonyl (C=O) groups is 1. The Morgan fingerprint density at radius 2 is 2.06 bits per heavy atom. The van der Waals surface area contributed by atoms with E-state index in [9.17, 15) is 4.79 Å². The lowest BCUT2D eigenvalue weighted by molar-refractivity contribution is -0.126. The fourth-order valence-corrected chi connectivity index (χ4v) is 2.85. The maximum Gasteiger partial charge on any atom is 0.237 e. The third kappa shape index (κ3) is 2.99. The van der Waals surface area contributed by atoms with Gasteiger partial charge in [0.05, 0.1) is 6.04 Å². The van der Waals surface area contributed by atoms with E-state index in [-0.39, 0.29) is 17.5 Å². The van der Waals surface area contributed by atoms with E-state index in [1.54, 1.807) is 0 Å². The molecule has 0 aromatic carbocycles. The van der Waals surface area contributed by atoms with Gasteiger partial charge < -0.3 is 10.6 Å². The van der Waals surface area contributed by atoms with Crippen LogP contribution in [0.1, 0.15) is 39.0 Å². The summed E-state index contributed by atoms with van der Waals surface area (Å²) in [6.07, 6.45) is 5.59. The summed E-state index contributed by atoms with van der Waals surface area (Å²) < 4.78 is 0. The summed E-state index contributed by atoms with van der Waals surface area (Å²) in [5.74, 6) is 0.246. The molecule has 2 aliphatic rings. The van der Waals surface area contributed by atoms with Crippen LogP contribution in [0.25, 0.3) is 0 Å². The quantitative estimate of drug-likeness (QED) is 0.746. The molecule has 17 heavy (non-hydrogen) atoms. The Hall–Kier alpha value is -0.610. The topological polar surface area (TPSA) is 44.4 Å². The van der Waals surface area contributed by atoms with Gasteiger partial charge in [-0.25, -0.2) is 0 Å². The zero-order valence-electron chi connectivity index (χ0n) is 11.1. The van der Waals surface area contributed by atoms with Crippen LogP contribution < -0.4 is 10.6 Å². The molecule has 4 nitrogen and oxygen atoms in total. The fourth-order valence-electron chi connectivity index (χ4n) is 2.85. The van der Waals surface area contributed by atoms with E-state index in [0.29, 0.717) is 0 Å². The molecule has 0 radical (unpaired) electrons. The van der Waals surface area contributed by atoms with Crippen molar-refractivity contribution in [2.24, 2.45) is 0 Å². The second-order valence-electron chi connectivity index (χ2n) is 5.65. The molecule has 0 aromatic heterocycles. The zero-order valence-corrected chi connectivity index (χ0v) is 11.1. The van der Waals surface area contributed by atoms with Crippen LogP contribution in [0.3, 0.4) is 0 Å². The molecule has 1 atom stereocenters. The van der Waals surface area contributed by atoms with Gasteiger partial charge in [-0.3, -0.25) is 9.69 Å². The van der Waals surface area contributed by atoms with Gasteiger partial charge in [-0.2, -0.15) is 0 Å². The summed E-state index contributed by atoms with van der Waals surface area (Å²) in [6.45, 7) is 5.21. The van der Waals surface area contributed by atoms with Crippen molar-refractivity contribution in [1.82, 2.24) is 15.5 Å². The van der Waals surface area contributed by atoms with Crippen molar-refractivity contribution in [2.75, 3.05) is 26.7 Å². The molecule has 2 N–H and O–H groups in total. The Kier molecular flexibility index (Phi) is 4.05. The second-order valence-corrected chi connectivity index (χ2v) is 5.65. The lowest BCUT2D eigenvalue weighted by Crippen LogP contribution is -2.55. The molecular weight excluding hydrogens is 214 g/mol. The van der Waals surface area contributed by atoms with Gasteiger partial charge in [-0.05, 0) is 46.1 Å². The molecule has 2 heterocycles. The van der Waals surface area contributed by atoms with Crippen molar-refractivity contribution in [3.8, 4) is 0 Å². The molecule has 2 saturated heterocycles. The number of hydrogen-bond acceptors (Lipinski definition) is 3. The third-order valence-corrected chi connectivity index (χ3v) is 4.45. The van der Waals surface area contributed by atoms with Crippen LogP contribution in [0, 0.1) is 0 Å². The Labute approximate surface area is 104 Å². The molecule has 0 aromatic rings. The second kappa shape index (κ2) is 5.36. The number of piperidine rings is 1. The summed E-state index contributed by atoms with van der Waals surface area (Å²) >= 11 is 0. The minimum atomic E-state index is 0.124. The minimum absolute atomic E-state index is 0.124. The normalized spacial score (nSPS) is 30.7. The highest BCUT2D eigenvalue weighted by molar-refractivity contribution is 5.81. The van der Waals surface area contributed by atoms with Gasteiger partial charge in [-0.1, -0.05) is 0 Å². The maximum absolute atomic E-state index is 12.0. The van der Waals surface area contributed by atoms with Crippen LogP contribution in [0.2, 0.25) is 0 Å². The van der Waals surface area contributed by atoms with Crippen LogP contribution in [-0.2, 0) is 4.79 Å². The Bertz CT molecular complexity index is 272. The number of nitrogens with one attached hydrogen (secondary N) is 2. The van der Waals surface area contributed by atoms with Crippen LogP contribution in [0.15, 0.2) is 0 Å². The van der Waals surface area contributed by atoms with Crippen molar-refractivity contribution in [1.29, 1.82) is 0 Å². The first kappa shape index (κ1) is 12.8. The van der Waals surface area contributed by atoms with Gasteiger partial charge in [0, 0.05) is 25.2 Å². The summed E-state index contributed by atoms with van der Waals surface area (Å²) in [7, 11) is 2.04. The summed E-state index contributed by atoms with van der Waals surface area (Å²) in [6, 6.07) is 0.124. The van der Waals surface area contributed by atoms with Gasteiger partial charge >= 0.3 is 0 Å². The molecule has 0 bridgehead atoms. The highest BCUT2D eigenvalue weighted by atomic mass is 16.2. The smallest absolute Gasteiger partial charge is 0.237 e. The van der Waals surface area contributed by atoms with E-state index in [4.69, 9.17) is 0 Å². The first-order valence-electron chi connectivity index (χ1n) is 6.85. The van der Waals surface area contributed by atoms with Gasteiger partial charge in [0.25, 0.3) is 0 Å². The monoisotopic (exact) mass is 239 g/mol. The number of nitrogens with zero attached hydrogens (tertiary/aromatic N) is 1. The van der Waals surface area contributed by atoms with Gasteiger partial charge in [0.2, 0.25) is 5.91 Å². The summed E-state index contributed by atoms with van der Waals surface area (Å²) in [5, 5.41) is 6.43. The molecule has 2 aliphatic heterocycles. The summed E-state index contributed by atoms with van der Waals surface area (Å²) in [4.78, 5) is 14.4. The average Bonchev–Trinajstić information content (AvgIpc) is 2.55. The van der Waals surface area contributed by atoms with E-state index >= 15 is 0 Å². The highest BCUT2D eigenvalue weighted by Crippen LogP contribution is 2.24. The van der Waals surface area contributed by atoms with Gasteiger partial charge in [-0.15, -0.1) is 0 Å². The zero-order chi connectivity index (χ0) is 12.3. The molecule has 0 aliphatic carbocycles. The molecule has 1 amide bonds. The van der Waals surface area contributed by atoms with Crippen molar-refractivity contribution in [2.45, 2.75) is 50.6 Å². The lowest BCUT2D eigenvalue weighted by atomic mass is 9.88. The molecule has 2 fully saturated rings. The molecule has 0 spiro atoms. The van der Waals surface area contributed by atoms with E-state index in [2.05, 4.69) is 22.5 Å². The molecule has 2 rings (SSSR count). The number of likely N-dealkylation sites (tertiary alicyclic amines) is 1. The van der Waals surface area contributed by atoms with Crippen molar-refractivity contribution in [3.05, 3.63) is 0 Å². The lowest BCUT2D eigenvalue weighted by Gasteiger charge is -2.41. The molecule has 0 saturated carbocycles. The third-order valence-electron chi connectivity index (χ3n) is 4.45. The summed E-state index contributed by atoms with van der Waals surface area (Å²) in [5.41, 5.74) is 0.262. The fraction of sp³-hybridized carbons (Fsp3) is 0.923. The molecule has 4 heteroatoms. The van der Waals surface area contributed by atoms with E-state index < -0.39 is 0 Å². The van der Waals surface area contributed by atoms with Crippen molar-refractivity contribution < 1.29 is 4.79 Å². The largest absolute Gasteiger partial charge is 0.355 e. The Morgan fingerprint density at radius 1 is 1.35 bits per heavy atom. The predicted molar refractivity (Wildman–Crippen MR) is 68.9 cm³/mol. The molecular formula is C13H25N3O. The maximum atomic E-state index is 12.0. The van der Waals surface area contributed by atoms with Crippen LogP contribution in [0.4, 0.5) is 0 Å². The van der Waals surface area contributed by atoms with Crippen LogP contribution >= 0.6 is 0 Å². The van der Waals surface area contributed by atoms with E-state index in [0.717, 1.165) is 45.3 Å². The Morgan fingerprint density at radius 3 is 2.71 bits per heavy atom. The van der Waals surface area contributed by atoms with Crippen LogP contribution in [-0.4, -0.2) is 49.1 Å². The minimum Gasteiger partial charge on any atom is -0.355 e. The molecule has 98 valence electrons. The van der Waals surface area contributed by atoms with Crippen molar-refractivity contribution >= 4 is 5.91 Å². The van der Waals surface area contributed by atoms with Gasteiger partial charge in [0.15, 0.2) is 0 Å². The first-order valence-corrected chi connectivity index (χ1v) is 6.85. The van der Waals surface area contributed by atoms with E-state index in [1.165, 1.54) is 6.42 Å². The average molecular weight is 239 g/mol.